The van der Waals surface area contributed by atoms with Gasteiger partial charge in [0, 0.05) is 31.4 Å². The molecule has 8 heteroatoms. The number of aryl methyl sites for hydroxylation is 1. The van der Waals surface area contributed by atoms with Gasteiger partial charge in [-0.3, -0.25) is 5.10 Å². The molecular weight excluding hydrogens is 308 g/mol. The van der Waals surface area contributed by atoms with Crippen molar-refractivity contribution >= 4 is 21.8 Å². The van der Waals surface area contributed by atoms with Crippen molar-refractivity contribution < 1.29 is 8.42 Å². The minimum atomic E-state index is -3.52. The van der Waals surface area contributed by atoms with Crippen LogP contribution in [0.2, 0.25) is 0 Å². The zero-order valence-corrected chi connectivity index (χ0v) is 14.6. The van der Waals surface area contributed by atoms with Crippen molar-refractivity contribution in [3.8, 4) is 0 Å². The zero-order valence-electron chi connectivity index (χ0n) is 13.0. The van der Waals surface area contributed by atoms with Gasteiger partial charge in [-0.15, -0.1) is 0 Å². The molecule has 1 heterocycles. The van der Waals surface area contributed by atoms with Crippen molar-refractivity contribution in [2.75, 3.05) is 19.1 Å². The SMILES string of the molecule is CSCC(C)N(C)S(=O)(=O)c1c(CNC2CC2)n[nH]c1C. The third-order valence-electron chi connectivity index (χ3n) is 3.76. The highest BCUT2D eigenvalue weighted by Crippen LogP contribution is 2.25. The summed E-state index contributed by atoms with van der Waals surface area (Å²) in [6, 6.07) is 0.467. The van der Waals surface area contributed by atoms with Crippen LogP contribution in [0.4, 0.5) is 0 Å². The molecule has 2 N–H and O–H groups in total. The molecule has 0 aromatic carbocycles. The highest BCUT2D eigenvalue weighted by Gasteiger charge is 2.31. The number of thioether (sulfide) groups is 1. The quantitative estimate of drug-likeness (QED) is 0.751. The van der Waals surface area contributed by atoms with Crippen LogP contribution in [0.15, 0.2) is 4.90 Å². The van der Waals surface area contributed by atoms with Gasteiger partial charge in [-0.05, 0) is 32.9 Å². The molecule has 1 saturated carbocycles. The van der Waals surface area contributed by atoms with E-state index in [1.165, 1.54) is 4.31 Å². The van der Waals surface area contributed by atoms with Gasteiger partial charge in [0.05, 0.1) is 11.4 Å². The van der Waals surface area contributed by atoms with E-state index in [4.69, 9.17) is 0 Å². The van der Waals surface area contributed by atoms with Crippen molar-refractivity contribution in [1.82, 2.24) is 19.8 Å². The highest BCUT2D eigenvalue weighted by atomic mass is 32.2. The van der Waals surface area contributed by atoms with Crippen LogP contribution in [0.3, 0.4) is 0 Å². The first-order valence-electron chi connectivity index (χ1n) is 7.12. The predicted molar refractivity (Wildman–Crippen MR) is 86.0 cm³/mol. The number of hydrogen-bond acceptors (Lipinski definition) is 5. The lowest BCUT2D eigenvalue weighted by Gasteiger charge is -2.24. The number of aromatic nitrogens is 2. The van der Waals surface area contributed by atoms with Gasteiger partial charge >= 0.3 is 0 Å². The lowest BCUT2D eigenvalue weighted by molar-refractivity contribution is 0.414. The molecule has 21 heavy (non-hydrogen) atoms. The maximum atomic E-state index is 12.8. The molecule has 0 spiro atoms. The number of hydrogen-bond donors (Lipinski definition) is 2. The van der Waals surface area contributed by atoms with E-state index in [-0.39, 0.29) is 6.04 Å². The Hall–Kier alpha value is -0.570. The monoisotopic (exact) mass is 332 g/mol. The number of sulfonamides is 1. The predicted octanol–water partition coefficient (Wildman–Crippen LogP) is 1.34. The molecule has 0 radical (unpaired) electrons. The normalized spacial score (nSPS) is 17.4. The number of rotatable bonds is 8. The summed E-state index contributed by atoms with van der Waals surface area (Å²) < 4.78 is 27.1. The van der Waals surface area contributed by atoms with Crippen LogP contribution in [0.25, 0.3) is 0 Å². The Labute approximate surface area is 131 Å². The molecule has 0 amide bonds. The summed E-state index contributed by atoms with van der Waals surface area (Å²) in [5, 5.41) is 10.3. The van der Waals surface area contributed by atoms with E-state index in [1.807, 2.05) is 13.2 Å². The third kappa shape index (κ3) is 3.80. The topological polar surface area (TPSA) is 78.1 Å². The van der Waals surface area contributed by atoms with Gasteiger partial charge in [0.15, 0.2) is 0 Å². The Morgan fingerprint density at radius 2 is 2.19 bits per heavy atom. The number of H-pyrrole nitrogens is 1. The van der Waals surface area contributed by atoms with Gasteiger partial charge in [0.25, 0.3) is 0 Å². The van der Waals surface area contributed by atoms with Crippen molar-refractivity contribution in [2.45, 2.75) is 50.2 Å². The summed E-state index contributed by atoms with van der Waals surface area (Å²) >= 11 is 1.64. The van der Waals surface area contributed by atoms with Crippen molar-refractivity contribution in [3.05, 3.63) is 11.4 Å². The van der Waals surface area contributed by atoms with Crippen LogP contribution in [0, 0.1) is 6.92 Å². The summed E-state index contributed by atoms with van der Waals surface area (Å²) in [6.07, 6.45) is 4.30. The molecule has 0 bridgehead atoms. The fraction of sp³-hybridized carbons (Fsp3) is 0.769. The van der Waals surface area contributed by atoms with Gasteiger partial charge < -0.3 is 5.32 Å². The Morgan fingerprint density at radius 3 is 2.76 bits per heavy atom. The molecule has 1 aliphatic carbocycles. The summed E-state index contributed by atoms with van der Waals surface area (Å²) in [5.41, 5.74) is 1.19. The van der Waals surface area contributed by atoms with E-state index in [9.17, 15) is 8.42 Å². The average molecular weight is 332 g/mol. The smallest absolute Gasteiger partial charge is 0.246 e. The van der Waals surface area contributed by atoms with E-state index in [0.717, 1.165) is 18.6 Å². The van der Waals surface area contributed by atoms with E-state index in [2.05, 4.69) is 15.5 Å². The molecule has 1 aromatic rings. The minimum absolute atomic E-state index is 0.0523. The third-order valence-corrected chi connectivity index (χ3v) is 6.75. The Balaban J connectivity index is 2.23. The number of nitrogens with zero attached hydrogens (tertiary/aromatic N) is 2. The van der Waals surface area contributed by atoms with Crippen LogP contribution >= 0.6 is 11.8 Å². The largest absolute Gasteiger partial charge is 0.308 e. The first-order chi connectivity index (χ1) is 9.87. The van der Waals surface area contributed by atoms with E-state index in [1.54, 1.807) is 25.7 Å². The Bertz CT molecular complexity index is 581. The van der Waals surface area contributed by atoms with Gasteiger partial charge in [-0.1, -0.05) is 0 Å². The van der Waals surface area contributed by atoms with Gasteiger partial charge in [-0.2, -0.15) is 21.2 Å². The maximum Gasteiger partial charge on any atom is 0.246 e. The first kappa shape index (κ1) is 16.8. The Morgan fingerprint density at radius 1 is 1.52 bits per heavy atom. The van der Waals surface area contributed by atoms with Crippen molar-refractivity contribution in [2.24, 2.45) is 0 Å². The minimum Gasteiger partial charge on any atom is -0.308 e. The van der Waals surface area contributed by atoms with Crippen molar-refractivity contribution in [1.29, 1.82) is 0 Å². The molecule has 6 nitrogen and oxygen atoms in total. The van der Waals surface area contributed by atoms with Crippen LogP contribution in [0.5, 0.6) is 0 Å². The molecule has 0 saturated heterocycles. The summed E-state index contributed by atoms with van der Waals surface area (Å²) in [4.78, 5) is 0.325. The number of aromatic amines is 1. The van der Waals surface area contributed by atoms with Crippen LogP contribution < -0.4 is 5.32 Å². The van der Waals surface area contributed by atoms with Gasteiger partial charge in [0.2, 0.25) is 10.0 Å². The first-order valence-corrected chi connectivity index (χ1v) is 9.95. The van der Waals surface area contributed by atoms with Crippen molar-refractivity contribution in [3.63, 3.8) is 0 Å². The summed E-state index contributed by atoms with van der Waals surface area (Å²) in [6.45, 7) is 4.17. The molecule has 1 aromatic heterocycles. The van der Waals surface area contributed by atoms with E-state index < -0.39 is 10.0 Å². The molecule has 1 unspecified atom stereocenters. The van der Waals surface area contributed by atoms with Crippen LogP contribution in [-0.4, -0.2) is 54.1 Å². The second-order valence-electron chi connectivity index (χ2n) is 5.61. The van der Waals surface area contributed by atoms with E-state index in [0.29, 0.717) is 28.9 Å². The second-order valence-corrected chi connectivity index (χ2v) is 8.45. The van der Waals surface area contributed by atoms with Gasteiger partial charge in [-0.25, -0.2) is 8.42 Å². The summed E-state index contributed by atoms with van der Waals surface area (Å²) in [7, 11) is -1.88. The molecular formula is C13H24N4O2S2. The standard InChI is InChI=1S/C13H24N4O2S2/c1-9(8-20-4)17(3)21(18,19)13-10(2)15-16-12(13)7-14-11-5-6-11/h9,11,14H,5-8H2,1-4H3,(H,15,16). The molecule has 0 aliphatic heterocycles. The Kier molecular flexibility index (Phi) is 5.34. The van der Waals surface area contributed by atoms with Crippen LogP contribution in [0.1, 0.15) is 31.2 Å². The molecule has 1 fully saturated rings. The lowest BCUT2D eigenvalue weighted by Crippen LogP contribution is -2.37. The van der Waals surface area contributed by atoms with Gasteiger partial charge in [0.1, 0.15) is 4.90 Å². The maximum absolute atomic E-state index is 12.8. The fourth-order valence-corrected chi connectivity index (χ4v) is 4.67. The lowest BCUT2D eigenvalue weighted by atomic mass is 10.3. The molecule has 1 atom stereocenters. The fourth-order valence-electron chi connectivity index (χ4n) is 2.19. The van der Waals surface area contributed by atoms with Crippen LogP contribution in [-0.2, 0) is 16.6 Å². The molecule has 120 valence electrons. The second kappa shape index (κ2) is 6.68. The zero-order chi connectivity index (χ0) is 15.6. The summed E-state index contributed by atoms with van der Waals surface area (Å²) in [5.74, 6) is 0.766. The molecule has 1 aliphatic rings. The number of nitrogens with one attached hydrogen (secondary N) is 2. The van der Waals surface area contributed by atoms with E-state index >= 15 is 0 Å². The molecule has 2 rings (SSSR count). The average Bonchev–Trinajstić information content (AvgIpc) is 3.18. The highest BCUT2D eigenvalue weighted by molar-refractivity contribution is 7.98.